The molecular weight excluding hydrogens is 438 g/mol. The fraction of sp³-hybridized carbons (Fsp3) is 0.480. The first kappa shape index (κ1) is 23.6. The quantitative estimate of drug-likeness (QED) is 0.632. The van der Waals surface area contributed by atoms with Crippen LogP contribution in [0.1, 0.15) is 47.2 Å². The first-order valence-corrected chi connectivity index (χ1v) is 13.2. The highest BCUT2D eigenvalue weighted by Gasteiger charge is 2.27. The maximum absolute atomic E-state index is 12.9. The van der Waals surface area contributed by atoms with Crippen LogP contribution in [0.4, 0.5) is 11.4 Å². The third-order valence-electron chi connectivity index (χ3n) is 6.67. The summed E-state index contributed by atoms with van der Waals surface area (Å²) in [6.45, 7) is 8.67. The molecule has 0 amide bonds. The van der Waals surface area contributed by atoms with Gasteiger partial charge in [-0.2, -0.15) is 0 Å². The lowest BCUT2D eigenvalue weighted by Crippen LogP contribution is -2.41. The van der Waals surface area contributed by atoms with Crippen LogP contribution in [0.25, 0.3) is 0 Å². The molecule has 8 heteroatoms. The number of carboxylic acids is 1. The minimum absolute atomic E-state index is 0.123. The number of aromatic carboxylic acids is 1. The van der Waals surface area contributed by atoms with Gasteiger partial charge in [-0.15, -0.1) is 0 Å². The van der Waals surface area contributed by atoms with Crippen molar-refractivity contribution in [3.63, 3.8) is 0 Å². The van der Waals surface area contributed by atoms with Gasteiger partial charge in [0.2, 0.25) is 0 Å². The maximum atomic E-state index is 12.9. The predicted molar refractivity (Wildman–Crippen MR) is 131 cm³/mol. The zero-order chi connectivity index (χ0) is 23.6. The molecule has 2 aromatic rings. The van der Waals surface area contributed by atoms with E-state index in [9.17, 15) is 18.3 Å². The molecule has 2 aromatic carbocycles. The van der Waals surface area contributed by atoms with Gasteiger partial charge in [0.05, 0.1) is 16.1 Å². The normalized spacial score (nSPS) is 19.6. The summed E-state index contributed by atoms with van der Waals surface area (Å²) in [5, 5.41) is 9.89. The molecule has 4 rings (SSSR count). The molecule has 2 N–H and O–H groups in total. The van der Waals surface area contributed by atoms with E-state index < -0.39 is 16.0 Å². The third-order valence-corrected chi connectivity index (χ3v) is 8.22. The Balaban J connectivity index is 1.54. The van der Waals surface area contributed by atoms with Crippen molar-refractivity contribution in [3.05, 3.63) is 53.1 Å². The maximum Gasteiger partial charge on any atom is 0.337 e. The van der Waals surface area contributed by atoms with E-state index in [4.69, 9.17) is 0 Å². The molecule has 2 heterocycles. The van der Waals surface area contributed by atoms with Crippen molar-refractivity contribution in [1.82, 2.24) is 4.90 Å². The molecule has 33 heavy (non-hydrogen) atoms. The Kier molecular flexibility index (Phi) is 6.95. The zero-order valence-corrected chi connectivity index (χ0v) is 20.2. The molecule has 2 saturated heterocycles. The van der Waals surface area contributed by atoms with E-state index in [-0.39, 0.29) is 16.1 Å². The van der Waals surface area contributed by atoms with Gasteiger partial charge >= 0.3 is 5.97 Å². The van der Waals surface area contributed by atoms with Crippen LogP contribution in [0.5, 0.6) is 0 Å². The summed E-state index contributed by atoms with van der Waals surface area (Å²) in [5.41, 5.74) is 2.66. The number of benzene rings is 2. The van der Waals surface area contributed by atoms with Crippen molar-refractivity contribution >= 4 is 27.4 Å². The number of likely N-dealkylation sites (tertiary alicyclic amines) is 1. The molecule has 2 aliphatic rings. The minimum Gasteiger partial charge on any atom is -0.478 e. The van der Waals surface area contributed by atoms with Crippen LogP contribution in [0.15, 0.2) is 41.3 Å². The van der Waals surface area contributed by atoms with Gasteiger partial charge in [0.25, 0.3) is 10.0 Å². The molecule has 0 aromatic heterocycles. The lowest BCUT2D eigenvalue weighted by molar-refractivity contribution is 0.0697. The van der Waals surface area contributed by atoms with Gasteiger partial charge in [-0.25, -0.2) is 13.2 Å². The number of aryl methyl sites for hydroxylation is 2. The molecule has 2 aliphatic heterocycles. The lowest BCUT2D eigenvalue weighted by Gasteiger charge is -2.36. The summed E-state index contributed by atoms with van der Waals surface area (Å²) in [5.74, 6) is -0.541. The highest BCUT2D eigenvalue weighted by Crippen LogP contribution is 2.31. The molecule has 1 atom stereocenters. The topological polar surface area (TPSA) is 90.0 Å². The number of hydrogen-bond acceptors (Lipinski definition) is 5. The fourth-order valence-electron chi connectivity index (χ4n) is 5.12. The van der Waals surface area contributed by atoms with Crippen LogP contribution in [-0.2, 0) is 10.0 Å². The Bertz CT molecular complexity index is 1130. The Hall–Kier alpha value is -2.58. The van der Waals surface area contributed by atoms with E-state index in [0.717, 1.165) is 51.1 Å². The number of sulfonamides is 1. The van der Waals surface area contributed by atoms with Crippen LogP contribution in [-0.4, -0.2) is 57.1 Å². The number of hydrogen-bond donors (Lipinski definition) is 2. The summed E-state index contributed by atoms with van der Waals surface area (Å²) >= 11 is 0. The molecule has 2 fully saturated rings. The number of nitrogens with zero attached hydrogens (tertiary/aromatic N) is 2. The number of rotatable bonds is 7. The predicted octanol–water partition coefficient (Wildman–Crippen LogP) is 4.11. The van der Waals surface area contributed by atoms with E-state index >= 15 is 0 Å². The van der Waals surface area contributed by atoms with Crippen molar-refractivity contribution < 1.29 is 18.3 Å². The smallest absolute Gasteiger partial charge is 0.337 e. The second-order valence-electron chi connectivity index (χ2n) is 9.37. The number of nitrogens with one attached hydrogen (secondary N) is 1. The standard InChI is InChI=1S/C25H33N3O4S/c1-18-7-10-24(19(2)14-18)33(31,32)26-21-8-9-23(22(15-21)25(29)30)28-13-5-6-20(17-28)16-27-11-3-4-12-27/h7-10,14-15,20,26H,3-6,11-13,16-17H2,1-2H3,(H,29,30)/t20-/m0/s1. The highest BCUT2D eigenvalue weighted by molar-refractivity contribution is 7.92. The van der Waals surface area contributed by atoms with Crippen LogP contribution >= 0.6 is 0 Å². The SMILES string of the molecule is Cc1ccc(S(=O)(=O)Nc2ccc(N3CCC[C@@H](CN4CCCC4)C3)c(C(=O)O)c2)c(C)c1. The lowest BCUT2D eigenvalue weighted by atomic mass is 9.96. The summed E-state index contributed by atoms with van der Waals surface area (Å²) < 4.78 is 28.4. The third kappa shape index (κ3) is 5.50. The van der Waals surface area contributed by atoms with Crippen LogP contribution in [0.2, 0.25) is 0 Å². The second kappa shape index (κ2) is 9.73. The number of piperidine rings is 1. The summed E-state index contributed by atoms with van der Waals surface area (Å²) in [4.78, 5) is 16.9. The van der Waals surface area contributed by atoms with E-state index in [1.165, 1.54) is 18.9 Å². The molecule has 0 aliphatic carbocycles. The van der Waals surface area contributed by atoms with Gasteiger partial charge in [0, 0.05) is 25.3 Å². The van der Waals surface area contributed by atoms with Crippen molar-refractivity contribution in [2.45, 2.75) is 44.4 Å². The van der Waals surface area contributed by atoms with Gasteiger partial charge in [-0.3, -0.25) is 4.72 Å². The minimum atomic E-state index is -3.83. The zero-order valence-electron chi connectivity index (χ0n) is 19.4. The monoisotopic (exact) mass is 471 g/mol. The Morgan fingerprint density at radius 2 is 1.82 bits per heavy atom. The highest BCUT2D eigenvalue weighted by atomic mass is 32.2. The average Bonchev–Trinajstić information content (AvgIpc) is 3.26. The van der Waals surface area contributed by atoms with E-state index in [1.54, 1.807) is 31.2 Å². The first-order chi connectivity index (χ1) is 15.7. The number of carbonyl (C=O) groups is 1. The van der Waals surface area contributed by atoms with Gasteiger partial charge in [0.15, 0.2) is 0 Å². The van der Waals surface area contributed by atoms with Crippen molar-refractivity contribution in [2.75, 3.05) is 42.3 Å². The van der Waals surface area contributed by atoms with Crippen LogP contribution in [0, 0.1) is 19.8 Å². The molecule has 0 spiro atoms. The van der Waals surface area contributed by atoms with Gasteiger partial charge in [-0.05, 0) is 88.4 Å². The fourth-order valence-corrected chi connectivity index (χ4v) is 6.40. The second-order valence-corrected chi connectivity index (χ2v) is 11.0. The van der Waals surface area contributed by atoms with Crippen molar-refractivity contribution in [1.29, 1.82) is 0 Å². The molecule has 0 radical (unpaired) electrons. The summed E-state index contributed by atoms with van der Waals surface area (Å²) in [6.07, 6.45) is 4.71. The number of anilines is 2. The van der Waals surface area contributed by atoms with Gasteiger partial charge in [-0.1, -0.05) is 17.7 Å². The van der Waals surface area contributed by atoms with Crippen LogP contribution in [0.3, 0.4) is 0 Å². The Morgan fingerprint density at radius 1 is 1.06 bits per heavy atom. The van der Waals surface area contributed by atoms with E-state index in [2.05, 4.69) is 14.5 Å². The van der Waals surface area contributed by atoms with Gasteiger partial charge < -0.3 is 14.9 Å². The van der Waals surface area contributed by atoms with Crippen molar-refractivity contribution in [2.24, 2.45) is 5.92 Å². The molecular formula is C25H33N3O4S. The molecule has 0 unspecified atom stereocenters. The average molecular weight is 472 g/mol. The number of carboxylic acid groups (broad SMARTS) is 1. The molecule has 0 saturated carbocycles. The summed E-state index contributed by atoms with van der Waals surface area (Å²) in [6, 6.07) is 9.97. The summed E-state index contributed by atoms with van der Waals surface area (Å²) in [7, 11) is -3.83. The molecule has 178 valence electrons. The Labute approximate surface area is 196 Å². The molecule has 7 nitrogen and oxygen atoms in total. The van der Waals surface area contributed by atoms with Gasteiger partial charge in [0.1, 0.15) is 0 Å². The Morgan fingerprint density at radius 3 is 2.52 bits per heavy atom. The first-order valence-electron chi connectivity index (χ1n) is 11.7. The van der Waals surface area contributed by atoms with Crippen LogP contribution < -0.4 is 9.62 Å². The molecule has 0 bridgehead atoms. The largest absolute Gasteiger partial charge is 0.478 e. The van der Waals surface area contributed by atoms with E-state index in [1.807, 2.05) is 13.0 Å². The van der Waals surface area contributed by atoms with Crippen molar-refractivity contribution in [3.8, 4) is 0 Å². The van der Waals surface area contributed by atoms with E-state index in [0.29, 0.717) is 17.2 Å².